The third-order valence-corrected chi connectivity index (χ3v) is 3.33. The fraction of sp³-hybridized carbons (Fsp3) is 0.727. The average molecular weight is 262 g/mol. The quantitative estimate of drug-likeness (QED) is 0.898. The smallest absolute Gasteiger partial charge is 0.305 e. The zero-order valence-electron chi connectivity index (χ0n) is 10.5. The number of halogens is 3. The third kappa shape index (κ3) is 3.02. The molecule has 1 N–H and O–H groups in total. The minimum absolute atomic E-state index is 0.396. The Morgan fingerprint density at radius 3 is 2.78 bits per heavy atom. The zero-order valence-corrected chi connectivity index (χ0v) is 10.5. The second-order valence-electron chi connectivity index (χ2n) is 4.90. The molecule has 0 radical (unpaired) electrons. The number of nitrogens with zero attached hydrogens (tertiary/aromatic N) is 3. The molecule has 1 fully saturated rings. The van der Waals surface area contributed by atoms with Gasteiger partial charge in [-0.2, -0.15) is 18.3 Å². The van der Waals surface area contributed by atoms with E-state index >= 15 is 0 Å². The minimum Gasteiger partial charge on any atom is -0.305 e. The van der Waals surface area contributed by atoms with Gasteiger partial charge in [0.25, 0.3) is 0 Å². The summed E-state index contributed by atoms with van der Waals surface area (Å²) < 4.78 is 37.2. The predicted octanol–water partition coefficient (Wildman–Crippen LogP) is 1.56. The van der Waals surface area contributed by atoms with Crippen molar-refractivity contribution in [3.8, 4) is 0 Å². The molecule has 1 unspecified atom stereocenters. The predicted molar refractivity (Wildman–Crippen MR) is 61.0 cm³/mol. The van der Waals surface area contributed by atoms with Crippen molar-refractivity contribution in [2.24, 2.45) is 0 Å². The lowest BCUT2D eigenvalue weighted by Crippen LogP contribution is -2.33. The number of aromatic amines is 1. The van der Waals surface area contributed by atoms with Gasteiger partial charge in [-0.15, -0.1) is 0 Å². The van der Waals surface area contributed by atoms with E-state index in [9.17, 15) is 13.2 Å². The number of alkyl halides is 3. The van der Waals surface area contributed by atoms with Crippen LogP contribution in [0.15, 0.2) is 6.07 Å². The Bertz CT molecular complexity index is 401. The number of rotatable bonds is 3. The van der Waals surface area contributed by atoms with Crippen LogP contribution in [0.2, 0.25) is 0 Å². The number of hydrogen-bond acceptors (Lipinski definition) is 3. The molecule has 0 aromatic carbocycles. The van der Waals surface area contributed by atoms with Crippen LogP contribution in [0.25, 0.3) is 0 Å². The first-order valence-corrected chi connectivity index (χ1v) is 5.86. The Labute approximate surface area is 104 Å². The number of aromatic nitrogens is 2. The van der Waals surface area contributed by atoms with Gasteiger partial charge < -0.3 is 4.90 Å². The maximum absolute atomic E-state index is 12.4. The van der Waals surface area contributed by atoms with Crippen LogP contribution in [0.4, 0.5) is 13.2 Å². The van der Waals surface area contributed by atoms with Crippen LogP contribution in [0.1, 0.15) is 17.8 Å². The summed E-state index contributed by atoms with van der Waals surface area (Å²) >= 11 is 0. The average Bonchev–Trinajstić information content (AvgIpc) is 2.85. The van der Waals surface area contributed by atoms with Crippen molar-refractivity contribution in [3.63, 3.8) is 0 Å². The fourth-order valence-electron chi connectivity index (χ4n) is 2.26. The Morgan fingerprint density at radius 1 is 1.56 bits per heavy atom. The molecule has 1 aliphatic rings. The topological polar surface area (TPSA) is 35.2 Å². The van der Waals surface area contributed by atoms with Crippen molar-refractivity contribution in [1.29, 1.82) is 0 Å². The molecule has 1 atom stereocenters. The second-order valence-corrected chi connectivity index (χ2v) is 4.90. The maximum atomic E-state index is 12.4. The van der Waals surface area contributed by atoms with Crippen molar-refractivity contribution in [2.45, 2.75) is 25.2 Å². The molecule has 0 bridgehead atoms. The lowest BCUT2D eigenvalue weighted by Gasteiger charge is -2.23. The fourth-order valence-corrected chi connectivity index (χ4v) is 2.26. The van der Waals surface area contributed by atoms with Crippen LogP contribution in [0, 0.1) is 0 Å². The standard InChI is InChI=1S/C11H17F3N4/c1-17-4-3-9(7-17)18(2)6-8-5-10(16-15-8)11(12,13)14/h5,9H,3-4,6-7H2,1-2H3,(H,15,16). The first kappa shape index (κ1) is 13.4. The van der Waals surface area contributed by atoms with Gasteiger partial charge in [-0.3, -0.25) is 10.00 Å². The van der Waals surface area contributed by atoms with Crippen molar-refractivity contribution >= 4 is 0 Å². The number of likely N-dealkylation sites (tertiary alicyclic amines) is 1. The summed E-state index contributed by atoms with van der Waals surface area (Å²) in [5.74, 6) is 0. The lowest BCUT2D eigenvalue weighted by atomic mass is 10.2. The van der Waals surface area contributed by atoms with E-state index in [4.69, 9.17) is 0 Å². The zero-order chi connectivity index (χ0) is 13.3. The highest BCUT2D eigenvalue weighted by Gasteiger charge is 2.34. The second kappa shape index (κ2) is 4.89. The summed E-state index contributed by atoms with van der Waals surface area (Å²) in [6.07, 6.45) is -3.33. The maximum Gasteiger partial charge on any atom is 0.435 e. The number of nitrogens with one attached hydrogen (secondary N) is 1. The summed E-state index contributed by atoms with van der Waals surface area (Å²) in [7, 11) is 3.98. The molecular formula is C11H17F3N4. The third-order valence-electron chi connectivity index (χ3n) is 3.33. The summed E-state index contributed by atoms with van der Waals surface area (Å²) in [6, 6.07) is 1.47. The van der Waals surface area contributed by atoms with Crippen LogP contribution in [0.3, 0.4) is 0 Å². The van der Waals surface area contributed by atoms with Gasteiger partial charge in [-0.25, -0.2) is 0 Å². The van der Waals surface area contributed by atoms with Crippen LogP contribution in [-0.4, -0.2) is 53.2 Å². The highest BCUT2D eigenvalue weighted by atomic mass is 19.4. The van der Waals surface area contributed by atoms with Crippen molar-refractivity contribution in [1.82, 2.24) is 20.0 Å². The van der Waals surface area contributed by atoms with Crippen molar-refractivity contribution < 1.29 is 13.2 Å². The SMILES string of the molecule is CN1CCC(N(C)Cc2cc(C(F)(F)F)n[nH]2)C1. The van der Waals surface area contributed by atoms with Crippen LogP contribution < -0.4 is 0 Å². The molecule has 1 aliphatic heterocycles. The summed E-state index contributed by atoms with van der Waals surface area (Å²) in [6.45, 7) is 2.45. The molecule has 0 amide bonds. The Morgan fingerprint density at radius 2 is 2.28 bits per heavy atom. The molecule has 2 rings (SSSR count). The lowest BCUT2D eigenvalue weighted by molar-refractivity contribution is -0.141. The summed E-state index contributed by atoms with van der Waals surface area (Å²) in [4.78, 5) is 4.28. The normalized spacial score (nSPS) is 22.0. The molecule has 4 nitrogen and oxygen atoms in total. The number of likely N-dealkylation sites (N-methyl/N-ethyl adjacent to an activating group) is 2. The first-order valence-electron chi connectivity index (χ1n) is 5.86. The van der Waals surface area contributed by atoms with Crippen molar-refractivity contribution in [2.75, 3.05) is 27.2 Å². The van der Waals surface area contributed by atoms with Gasteiger partial charge in [0.05, 0.1) is 0 Å². The molecule has 18 heavy (non-hydrogen) atoms. The molecule has 1 aromatic rings. The van der Waals surface area contributed by atoms with Crippen LogP contribution >= 0.6 is 0 Å². The molecule has 7 heteroatoms. The van der Waals surface area contributed by atoms with Gasteiger partial charge in [0, 0.05) is 24.8 Å². The van der Waals surface area contributed by atoms with Crippen molar-refractivity contribution in [3.05, 3.63) is 17.5 Å². The molecule has 0 saturated carbocycles. The van der Waals surface area contributed by atoms with E-state index < -0.39 is 11.9 Å². The molecule has 0 aliphatic carbocycles. The van der Waals surface area contributed by atoms with Crippen LogP contribution in [0.5, 0.6) is 0 Å². The molecule has 1 saturated heterocycles. The first-order chi connectivity index (χ1) is 8.36. The van der Waals surface area contributed by atoms with Gasteiger partial charge in [0.15, 0.2) is 5.69 Å². The van der Waals surface area contributed by atoms with E-state index in [0.717, 1.165) is 25.6 Å². The number of hydrogen-bond donors (Lipinski definition) is 1. The number of H-pyrrole nitrogens is 1. The van der Waals surface area contributed by atoms with Gasteiger partial charge in [-0.05, 0) is 33.1 Å². The van der Waals surface area contributed by atoms with Gasteiger partial charge in [0.1, 0.15) is 0 Å². The minimum atomic E-state index is -4.37. The van der Waals surface area contributed by atoms with E-state index in [1.54, 1.807) is 0 Å². The van der Waals surface area contributed by atoms with E-state index in [-0.39, 0.29) is 0 Å². The Balaban J connectivity index is 1.95. The van der Waals surface area contributed by atoms with E-state index in [2.05, 4.69) is 20.0 Å². The van der Waals surface area contributed by atoms with E-state index in [1.807, 2.05) is 14.1 Å². The highest BCUT2D eigenvalue weighted by Crippen LogP contribution is 2.28. The summed E-state index contributed by atoms with van der Waals surface area (Å²) in [5, 5.41) is 5.75. The van der Waals surface area contributed by atoms with Gasteiger partial charge in [0.2, 0.25) is 0 Å². The molecule has 2 heterocycles. The molecular weight excluding hydrogens is 245 g/mol. The van der Waals surface area contributed by atoms with Gasteiger partial charge in [-0.1, -0.05) is 0 Å². The summed E-state index contributed by atoms with van der Waals surface area (Å²) in [5.41, 5.74) is -0.353. The Kier molecular flexibility index (Phi) is 3.63. The molecule has 1 aromatic heterocycles. The van der Waals surface area contributed by atoms with E-state index in [0.29, 0.717) is 18.3 Å². The van der Waals surface area contributed by atoms with Gasteiger partial charge >= 0.3 is 6.18 Å². The van der Waals surface area contributed by atoms with E-state index in [1.165, 1.54) is 0 Å². The monoisotopic (exact) mass is 262 g/mol. The van der Waals surface area contributed by atoms with Crippen LogP contribution in [-0.2, 0) is 12.7 Å². The Hall–Kier alpha value is -1.08. The molecule has 102 valence electrons. The molecule has 0 spiro atoms. The highest BCUT2D eigenvalue weighted by molar-refractivity contribution is 5.11. The largest absolute Gasteiger partial charge is 0.435 e.